The van der Waals surface area contributed by atoms with E-state index in [1.165, 1.54) is 5.56 Å². The van der Waals surface area contributed by atoms with Gasteiger partial charge in [0.2, 0.25) is 11.8 Å². The van der Waals surface area contributed by atoms with E-state index in [0.717, 1.165) is 0 Å². The van der Waals surface area contributed by atoms with E-state index >= 15 is 0 Å². The van der Waals surface area contributed by atoms with E-state index in [-0.39, 0.29) is 24.3 Å². The van der Waals surface area contributed by atoms with Crippen LogP contribution in [0, 0.1) is 5.92 Å². The number of primary amides is 1. The lowest BCUT2D eigenvalue weighted by Gasteiger charge is -2.17. The molecule has 0 aliphatic carbocycles. The van der Waals surface area contributed by atoms with E-state index in [0.29, 0.717) is 37.4 Å². The van der Waals surface area contributed by atoms with Crippen LogP contribution in [0.2, 0.25) is 0 Å². The van der Waals surface area contributed by atoms with Crippen LogP contribution in [0.4, 0.5) is 0 Å². The number of likely N-dealkylation sites (tertiary alicyclic amines) is 1. The van der Waals surface area contributed by atoms with Crippen LogP contribution >= 0.6 is 0 Å². The number of ether oxygens (including phenoxy) is 1. The van der Waals surface area contributed by atoms with Crippen LogP contribution in [0.25, 0.3) is 0 Å². The molecule has 0 aromatic heterocycles. The number of hydrogen-bond donors (Lipinski definition) is 2. The highest BCUT2D eigenvalue weighted by molar-refractivity contribution is 5.92. The van der Waals surface area contributed by atoms with Gasteiger partial charge in [-0.15, -0.1) is 0 Å². The molecule has 27 heavy (non-hydrogen) atoms. The molecule has 0 unspecified atom stereocenters. The molecule has 1 heterocycles. The lowest BCUT2D eigenvalue weighted by molar-refractivity contribution is -0.130. The standard InChI is InChI=1S/C21H25N3O3/c22-12-17-13-24(14-19(17)15-4-2-1-3-5-15)20(25)10-11-27-18-8-6-16(7-9-18)21(23)26/h1-9,17,19H,10-14,22H2,(H2,23,26)/t17-,19+/m1/s1. The van der Waals surface area contributed by atoms with Crippen LogP contribution in [-0.4, -0.2) is 43.0 Å². The second-order valence-corrected chi connectivity index (χ2v) is 6.80. The van der Waals surface area contributed by atoms with Gasteiger partial charge in [-0.3, -0.25) is 9.59 Å². The van der Waals surface area contributed by atoms with Crippen molar-refractivity contribution in [2.24, 2.45) is 17.4 Å². The summed E-state index contributed by atoms with van der Waals surface area (Å²) < 4.78 is 5.61. The highest BCUT2D eigenvalue weighted by atomic mass is 16.5. The lowest BCUT2D eigenvalue weighted by atomic mass is 9.89. The van der Waals surface area contributed by atoms with Crippen LogP contribution in [0.3, 0.4) is 0 Å². The van der Waals surface area contributed by atoms with E-state index in [4.69, 9.17) is 16.2 Å². The molecule has 142 valence electrons. The lowest BCUT2D eigenvalue weighted by Crippen LogP contribution is -2.30. The number of nitrogens with two attached hydrogens (primary N) is 2. The van der Waals surface area contributed by atoms with Crippen LogP contribution in [0.15, 0.2) is 54.6 Å². The van der Waals surface area contributed by atoms with Crippen LogP contribution in [-0.2, 0) is 4.79 Å². The monoisotopic (exact) mass is 367 g/mol. The van der Waals surface area contributed by atoms with Gasteiger partial charge in [0.1, 0.15) is 5.75 Å². The van der Waals surface area contributed by atoms with Gasteiger partial charge in [-0.25, -0.2) is 0 Å². The van der Waals surface area contributed by atoms with Gasteiger partial charge in [0.05, 0.1) is 13.0 Å². The van der Waals surface area contributed by atoms with Crippen molar-refractivity contribution in [1.82, 2.24) is 4.90 Å². The smallest absolute Gasteiger partial charge is 0.248 e. The maximum atomic E-state index is 12.6. The third-order valence-electron chi connectivity index (χ3n) is 5.05. The Bertz CT molecular complexity index is 777. The Kier molecular flexibility index (Phi) is 6.08. The molecule has 1 aliphatic heterocycles. The number of carbonyl (C=O) groups is 2. The van der Waals surface area contributed by atoms with Crippen molar-refractivity contribution < 1.29 is 14.3 Å². The first-order chi connectivity index (χ1) is 13.1. The highest BCUT2D eigenvalue weighted by Gasteiger charge is 2.34. The van der Waals surface area contributed by atoms with Gasteiger partial charge >= 0.3 is 0 Å². The van der Waals surface area contributed by atoms with E-state index in [2.05, 4.69) is 12.1 Å². The average Bonchev–Trinajstić information content (AvgIpc) is 3.13. The summed E-state index contributed by atoms with van der Waals surface area (Å²) in [5.41, 5.74) is 12.8. The molecule has 1 aliphatic rings. The number of amides is 2. The number of nitrogens with zero attached hydrogens (tertiary/aromatic N) is 1. The Balaban J connectivity index is 1.51. The zero-order valence-electron chi connectivity index (χ0n) is 15.2. The molecule has 6 nitrogen and oxygen atoms in total. The average molecular weight is 367 g/mol. The normalized spacial score (nSPS) is 19.1. The fraction of sp³-hybridized carbons (Fsp3) is 0.333. The SMILES string of the molecule is NC[C@@H]1CN(C(=O)CCOc2ccc(C(N)=O)cc2)C[C@H]1c1ccccc1. The van der Waals surface area contributed by atoms with Crippen molar-refractivity contribution in [3.05, 3.63) is 65.7 Å². The molecule has 0 bridgehead atoms. The number of rotatable bonds is 7. The van der Waals surface area contributed by atoms with Crippen molar-refractivity contribution in [3.63, 3.8) is 0 Å². The van der Waals surface area contributed by atoms with Gasteiger partial charge in [0.25, 0.3) is 0 Å². The maximum absolute atomic E-state index is 12.6. The second kappa shape index (κ2) is 8.68. The highest BCUT2D eigenvalue weighted by Crippen LogP contribution is 2.32. The summed E-state index contributed by atoms with van der Waals surface area (Å²) in [5.74, 6) is 0.756. The molecule has 0 radical (unpaired) electrons. The predicted octanol–water partition coefficient (Wildman–Crippen LogP) is 1.76. The molecule has 4 N–H and O–H groups in total. The minimum atomic E-state index is -0.479. The van der Waals surface area contributed by atoms with Crippen molar-refractivity contribution in [2.45, 2.75) is 12.3 Å². The molecule has 0 spiro atoms. The Labute approximate surface area is 159 Å². The molecular formula is C21H25N3O3. The van der Waals surface area contributed by atoms with Crippen LogP contribution < -0.4 is 16.2 Å². The summed E-state index contributed by atoms with van der Waals surface area (Å²) in [7, 11) is 0. The molecule has 6 heteroatoms. The minimum absolute atomic E-state index is 0.0700. The first-order valence-electron chi connectivity index (χ1n) is 9.14. The molecule has 2 aromatic carbocycles. The zero-order valence-corrected chi connectivity index (χ0v) is 15.2. The molecular weight excluding hydrogens is 342 g/mol. The fourth-order valence-corrected chi connectivity index (χ4v) is 3.52. The third-order valence-corrected chi connectivity index (χ3v) is 5.05. The molecule has 2 aromatic rings. The minimum Gasteiger partial charge on any atom is -0.493 e. The van der Waals surface area contributed by atoms with Gasteiger partial charge in [-0.2, -0.15) is 0 Å². The summed E-state index contributed by atoms with van der Waals surface area (Å²) >= 11 is 0. The first kappa shape index (κ1) is 18.9. The third kappa shape index (κ3) is 4.65. The van der Waals surface area contributed by atoms with Crippen molar-refractivity contribution in [2.75, 3.05) is 26.2 Å². The topological polar surface area (TPSA) is 98.7 Å². The van der Waals surface area contributed by atoms with Gasteiger partial charge in [-0.1, -0.05) is 30.3 Å². The van der Waals surface area contributed by atoms with E-state index in [9.17, 15) is 9.59 Å². The molecule has 3 rings (SSSR count). The van der Waals surface area contributed by atoms with Crippen LogP contribution in [0.1, 0.15) is 28.3 Å². The Morgan fingerprint density at radius 1 is 1.04 bits per heavy atom. The van der Waals surface area contributed by atoms with E-state index in [1.54, 1.807) is 24.3 Å². The number of benzene rings is 2. The van der Waals surface area contributed by atoms with Gasteiger partial charge in [0, 0.05) is 24.6 Å². The molecule has 0 saturated carbocycles. The summed E-state index contributed by atoms with van der Waals surface area (Å²) in [6.45, 7) is 2.22. The number of carbonyl (C=O) groups excluding carboxylic acids is 2. The summed E-state index contributed by atoms with van der Waals surface area (Å²) in [6, 6.07) is 16.8. The Morgan fingerprint density at radius 3 is 2.37 bits per heavy atom. The zero-order chi connectivity index (χ0) is 19.2. The number of hydrogen-bond acceptors (Lipinski definition) is 4. The second-order valence-electron chi connectivity index (χ2n) is 6.80. The van der Waals surface area contributed by atoms with Gasteiger partial charge in [0.15, 0.2) is 0 Å². The largest absolute Gasteiger partial charge is 0.493 e. The fourth-order valence-electron chi connectivity index (χ4n) is 3.52. The van der Waals surface area contributed by atoms with Crippen molar-refractivity contribution >= 4 is 11.8 Å². The van der Waals surface area contributed by atoms with Gasteiger partial charge in [-0.05, 0) is 42.3 Å². The molecule has 1 saturated heterocycles. The first-order valence-corrected chi connectivity index (χ1v) is 9.14. The Hall–Kier alpha value is -2.86. The summed E-state index contributed by atoms with van der Waals surface area (Å²) in [6.07, 6.45) is 0.302. The van der Waals surface area contributed by atoms with E-state index in [1.807, 2.05) is 23.1 Å². The summed E-state index contributed by atoms with van der Waals surface area (Å²) in [4.78, 5) is 25.5. The predicted molar refractivity (Wildman–Crippen MR) is 103 cm³/mol. The Morgan fingerprint density at radius 2 is 1.74 bits per heavy atom. The van der Waals surface area contributed by atoms with Crippen LogP contribution in [0.5, 0.6) is 5.75 Å². The maximum Gasteiger partial charge on any atom is 0.248 e. The molecule has 1 fully saturated rings. The van der Waals surface area contributed by atoms with E-state index < -0.39 is 5.91 Å². The van der Waals surface area contributed by atoms with Crippen molar-refractivity contribution in [3.8, 4) is 5.75 Å². The summed E-state index contributed by atoms with van der Waals surface area (Å²) in [5, 5.41) is 0. The molecule has 2 atom stereocenters. The van der Waals surface area contributed by atoms with Gasteiger partial charge < -0.3 is 21.1 Å². The van der Waals surface area contributed by atoms with Crippen molar-refractivity contribution in [1.29, 1.82) is 0 Å². The molecule has 2 amide bonds. The quantitative estimate of drug-likeness (QED) is 0.779.